The van der Waals surface area contributed by atoms with Crippen LogP contribution in [0.4, 0.5) is 0 Å². The molecule has 0 aromatic carbocycles. The van der Waals surface area contributed by atoms with Gasteiger partial charge in [-0.1, -0.05) is 13.8 Å². The van der Waals surface area contributed by atoms with Gasteiger partial charge in [-0.25, -0.2) is 0 Å². The summed E-state index contributed by atoms with van der Waals surface area (Å²) < 4.78 is 0. The number of aliphatic hydroxyl groups excluding tert-OH is 1. The topological polar surface area (TPSA) is 66.6 Å². The number of likely N-dealkylation sites (N-methyl/N-ethyl adjacent to an activating group) is 1. The molecule has 0 fully saturated rings. The molecule has 13 heavy (non-hydrogen) atoms. The van der Waals surface area contributed by atoms with E-state index in [4.69, 9.17) is 10.8 Å². The number of nitrogens with two attached hydrogens (primary N) is 1. The molecule has 0 aliphatic rings. The summed E-state index contributed by atoms with van der Waals surface area (Å²) in [4.78, 5) is 13.1. The first-order chi connectivity index (χ1) is 5.91. The van der Waals surface area contributed by atoms with Gasteiger partial charge >= 0.3 is 0 Å². The highest BCUT2D eigenvalue weighted by atomic mass is 16.3. The Hall–Kier alpha value is -0.610. The van der Waals surface area contributed by atoms with Gasteiger partial charge in [-0.05, 0) is 12.8 Å². The Morgan fingerprint density at radius 2 is 1.92 bits per heavy atom. The van der Waals surface area contributed by atoms with Crippen molar-refractivity contribution in [2.45, 2.75) is 32.9 Å². The molecule has 2 atom stereocenters. The standard InChI is InChI=1S/C9H20N2O2/c1-6(2)8(10)9(13)11(4)7(3)5-12/h6-8,12H,5,10H2,1-4H3/t7?,8-/m0/s1. The largest absolute Gasteiger partial charge is 0.394 e. The molecule has 0 radical (unpaired) electrons. The van der Waals surface area contributed by atoms with Crippen LogP contribution in [-0.2, 0) is 4.79 Å². The van der Waals surface area contributed by atoms with E-state index in [0.717, 1.165) is 0 Å². The predicted octanol–water partition coefficient (Wildman–Crippen LogP) is -0.191. The highest BCUT2D eigenvalue weighted by molar-refractivity contribution is 5.81. The molecule has 0 saturated carbocycles. The third-order valence-corrected chi connectivity index (χ3v) is 2.28. The normalized spacial score (nSPS) is 15.6. The number of aliphatic hydroxyl groups is 1. The maximum atomic E-state index is 11.6. The first-order valence-corrected chi connectivity index (χ1v) is 4.55. The minimum absolute atomic E-state index is 0.0347. The average Bonchev–Trinajstić information content (AvgIpc) is 2.12. The number of nitrogens with zero attached hydrogens (tertiary/aromatic N) is 1. The maximum Gasteiger partial charge on any atom is 0.239 e. The molecule has 78 valence electrons. The van der Waals surface area contributed by atoms with Crippen molar-refractivity contribution >= 4 is 5.91 Å². The van der Waals surface area contributed by atoms with E-state index in [0.29, 0.717) is 0 Å². The van der Waals surface area contributed by atoms with Crippen LogP contribution >= 0.6 is 0 Å². The minimum Gasteiger partial charge on any atom is -0.394 e. The van der Waals surface area contributed by atoms with Crippen LogP contribution in [0.15, 0.2) is 0 Å². The third kappa shape index (κ3) is 3.32. The van der Waals surface area contributed by atoms with Gasteiger partial charge in [0.2, 0.25) is 5.91 Å². The molecule has 0 saturated heterocycles. The third-order valence-electron chi connectivity index (χ3n) is 2.28. The highest BCUT2D eigenvalue weighted by Gasteiger charge is 2.23. The second-order valence-electron chi connectivity index (χ2n) is 3.75. The molecule has 4 heteroatoms. The lowest BCUT2D eigenvalue weighted by Crippen LogP contribution is -2.48. The molecule has 0 rings (SSSR count). The van der Waals surface area contributed by atoms with Crippen molar-refractivity contribution in [2.24, 2.45) is 11.7 Å². The zero-order valence-electron chi connectivity index (χ0n) is 8.82. The Morgan fingerprint density at radius 1 is 1.46 bits per heavy atom. The van der Waals surface area contributed by atoms with Crippen LogP contribution in [0.25, 0.3) is 0 Å². The Kier molecular flexibility index (Phi) is 4.95. The van der Waals surface area contributed by atoms with E-state index < -0.39 is 6.04 Å². The molecule has 0 aliphatic heterocycles. The van der Waals surface area contributed by atoms with Gasteiger partial charge in [0.05, 0.1) is 18.7 Å². The molecule has 0 aliphatic carbocycles. The van der Waals surface area contributed by atoms with Crippen LogP contribution in [0.3, 0.4) is 0 Å². The fourth-order valence-corrected chi connectivity index (χ4v) is 0.860. The number of amides is 1. The molecular weight excluding hydrogens is 168 g/mol. The zero-order chi connectivity index (χ0) is 10.6. The van der Waals surface area contributed by atoms with E-state index in [-0.39, 0.29) is 24.5 Å². The van der Waals surface area contributed by atoms with Crippen molar-refractivity contribution in [3.05, 3.63) is 0 Å². The van der Waals surface area contributed by atoms with Crippen molar-refractivity contribution < 1.29 is 9.90 Å². The number of rotatable bonds is 4. The molecule has 1 unspecified atom stereocenters. The predicted molar refractivity (Wildman–Crippen MR) is 52.1 cm³/mol. The lowest BCUT2D eigenvalue weighted by Gasteiger charge is -2.27. The molecule has 3 N–H and O–H groups in total. The fourth-order valence-electron chi connectivity index (χ4n) is 0.860. The summed E-state index contributed by atoms with van der Waals surface area (Å²) in [6, 6.07) is -0.642. The van der Waals surface area contributed by atoms with E-state index >= 15 is 0 Å². The number of carbonyl (C=O) groups excluding carboxylic acids is 1. The van der Waals surface area contributed by atoms with Crippen molar-refractivity contribution in [3.63, 3.8) is 0 Å². The van der Waals surface area contributed by atoms with Gasteiger partial charge in [0.25, 0.3) is 0 Å². The molecular formula is C9H20N2O2. The Bertz CT molecular complexity index is 171. The van der Waals surface area contributed by atoms with E-state index in [2.05, 4.69) is 0 Å². The highest BCUT2D eigenvalue weighted by Crippen LogP contribution is 2.04. The van der Waals surface area contributed by atoms with E-state index in [1.807, 2.05) is 13.8 Å². The van der Waals surface area contributed by atoms with Crippen LogP contribution in [0.5, 0.6) is 0 Å². The first-order valence-electron chi connectivity index (χ1n) is 4.55. The number of hydrogen-bond donors (Lipinski definition) is 2. The van der Waals surface area contributed by atoms with E-state index in [9.17, 15) is 4.79 Å². The lowest BCUT2D eigenvalue weighted by atomic mass is 10.0. The van der Waals surface area contributed by atoms with Crippen LogP contribution in [0, 0.1) is 5.92 Å². The van der Waals surface area contributed by atoms with Gasteiger partial charge in [0.15, 0.2) is 0 Å². The van der Waals surface area contributed by atoms with Gasteiger partial charge in [-0.15, -0.1) is 0 Å². The summed E-state index contributed by atoms with van der Waals surface area (Å²) in [6.07, 6.45) is 0. The van der Waals surface area contributed by atoms with Crippen molar-refractivity contribution in [2.75, 3.05) is 13.7 Å². The maximum absolute atomic E-state index is 11.6. The summed E-state index contributed by atoms with van der Waals surface area (Å²) in [7, 11) is 1.66. The van der Waals surface area contributed by atoms with Crippen LogP contribution in [0.2, 0.25) is 0 Å². The molecule has 0 aromatic rings. The first kappa shape index (κ1) is 12.4. The summed E-state index contributed by atoms with van der Waals surface area (Å²) in [6.45, 7) is 5.55. The van der Waals surface area contributed by atoms with Gasteiger partial charge < -0.3 is 15.7 Å². The van der Waals surface area contributed by atoms with Crippen molar-refractivity contribution in [1.82, 2.24) is 4.90 Å². The van der Waals surface area contributed by atoms with Crippen LogP contribution in [-0.4, -0.2) is 41.7 Å². The summed E-state index contributed by atoms with van der Waals surface area (Å²) >= 11 is 0. The van der Waals surface area contributed by atoms with Crippen molar-refractivity contribution in [3.8, 4) is 0 Å². The second-order valence-corrected chi connectivity index (χ2v) is 3.75. The molecule has 0 aromatic heterocycles. The second kappa shape index (κ2) is 5.19. The summed E-state index contributed by atoms with van der Waals surface area (Å²) in [5.41, 5.74) is 5.68. The SMILES string of the molecule is CC(C)[C@H](N)C(=O)N(C)C(C)CO. The Balaban J connectivity index is 4.25. The summed E-state index contributed by atoms with van der Waals surface area (Å²) in [5, 5.41) is 8.84. The van der Waals surface area contributed by atoms with Gasteiger partial charge in [0.1, 0.15) is 0 Å². The van der Waals surface area contributed by atoms with Gasteiger partial charge in [-0.3, -0.25) is 4.79 Å². The number of carbonyl (C=O) groups is 1. The van der Waals surface area contributed by atoms with E-state index in [1.165, 1.54) is 4.90 Å². The van der Waals surface area contributed by atoms with Gasteiger partial charge in [0, 0.05) is 7.05 Å². The molecule has 0 heterocycles. The molecule has 1 amide bonds. The average molecular weight is 188 g/mol. The fraction of sp³-hybridized carbons (Fsp3) is 0.889. The lowest BCUT2D eigenvalue weighted by molar-refractivity contribution is -0.134. The molecule has 0 bridgehead atoms. The Morgan fingerprint density at radius 3 is 2.23 bits per heavy atom. The Labute approximate surface area is 79.7 Å². The van der Waals surface area contributed by atoms with E-state index in [1.54, 1.807) is 14.0 Å². The van der Waals surface area contributed by atoms with Gasteiger partial charge in [-0.2, -0.15) is 0 Å². The quantitative estimate of drug-likeness (QED) is 0.642. The smallest absolute Gasteiger partial charge is 0.239 e. The number of hydrogen-bond acceptors (Lipinski definition) is 3. The van der Waals surface area contributed by atoms with Crippen molar-refractivity contribution in [1.29, 1.82) is 0 Å². The molecule has 0 spiro atoms. The summed E-state index contributed by atoms with van der Waals surface area (Å²) in [5.74, 6) is 0.0115. The van der Waals surface area contributed by atoms with Crippen LogP contribution in [0.1, 0.15) is 20.8 Å². The molecule has 4 nitrogen and oxygen atoms in total. The van der Waals surface area contributed by atoms with Crippen LogP contribution < -0.4 is 5.73 Å². The zero-order valence-corrected chi connectivity index (χ0v) is 8.82. The monoisotopic (exact) mass is 188 g/mol. The minimum atomic E-state index is -0.473.